The summed E-state index contributed by atoms with van der Waals surface area (Å²) in [7, 11) is 0. The summed E-state index contributed by atoms with van der Waals surface area (Å²) >= 11 is 6.19. The highest BCUT2D eigenvalue weighted by atomic mass is 35.5. The Bertz CT molecular complexity index is 1500. The predicted molar refractivity (Wildman–Crippen MR) is 129 cm³/mol. The Morgan fingerprint density at radius 2 is 1.97 bits per heavy atom. The van der Waals surface area contributed by atoms with Gasteiger partial charge in [0.05, 0.1) is 11.0 Å². The molecule has 8 nitrogen and oxygen atoms in total. The highest BCUT2D eigenvalue weighted by Crippen LogP contribution is 2.29. The molecule has 2 aliphatic heterocycles. The first kappa shape index (κ1) is 21.3. The van der Waals surface area contributed by atoms with E-state index < -0.39 is 0 Å². The van der Waals surface area contributed by atoms with Crippen LogP contribution in [0.15, 0.2) is 35.1 Å². The zero-order valence-electron chi connectivity index (χ0n) is 18.8. The number of fused-ring (bicyclic) bond motifs is 4. The van der Waals surface area contributed by atoms with E-state index in [0.717, 1.165) is 41.7 Å². The molecule has 0 saturated carbocycles. The van der Waals surface area contributed by atoms with E-state index in [1.807, 2.05) is 46.6 Å². The van der Waals surface area contributed by atoms with E-state index in [1.54, 1.807) is 0 Å². The summed E-state index contributed by atoms with van der Waals surface area (Å²) in [5.74, 6) is 0.862. The van der Waals surface area contributed by atoms with E-state index in [4.69, 9.17) is 16.3 Å². The van der Waals surface area contributed by atoms with Crippen LogP contribution >= 0.6 is 11.6 Å². The quantitative estimate of drug-likeness (QED) is 0.476. The zero-order valence-corrected chi connectivity index (χ0v) is 19.6. The van der Waals surface area contributed by atoms with Gasteiger partial charge in [0.25, 0.3) is 11.5 Å². The second-order valence-electron chi connectivity index (χ2n) is 9.13. The highest BCUT2D eigenvalue weighted by molar-refractivity contribution is 6.30. The Morgan fingerprint density at radius 1 is 1.15 bits per heavy atom. The zero-order chi connectivity index (χ0) is 23.4. The summed E-state index contributed by atoms with van der Waals surface area (Å²) in [5.41, 5.74) is 5.08. The van der Waals surface area contributed by atoms with Crippen molar-refractivity contribution < 1.29 is 9.53 Å². The number of H-pyrrole nitrogens is 1. The number of ether oxygens (including phenoxy) is 1. The van der Waals surface area contributed by atoms with Crippen LogP contribution in [0.4, 0.5) is 0 Å². The number of halogens is 1. The lowest BCUT2D eigenvalue weighted by Crippen LogP contribution is -2.36. The minimum absolute atomic E-state index is 0.0370. The van der Waals surface area contributed by atoms with Gasteiger partial charge in [-0.15, -0.1) is 10.2 Å². The lowest BCUT2D eigenvalue weighted by Gasteiger charge is -2.29. The molecule has 1 amide bonds. The summed E-state index contributed by atoms with van der Waals surface area (Å²) in [4.78, 5) is 31.1. The van der Waals surface area contributed by atoms with Crippen molar-refractivity contribution in [3.8, 4) is 0 Å². The topological polar surface area (TPSA) is 92.6 Å². The number of nitrogens with zero attached hydrogens (tertiary/aromatic N) is 4. The molecule has 0 radical (unpaired) electrons. The fourth-order valence-corrected chi connectivity index (χ4v) is 5.36. The second kappa shape index (κ2) is 8.21. The fourth-order valence-electron chi connectivity index (χ4n) is 5.16. The summed E-state index contributed by atoms with van der Waals surface area (Å²) in [6.07, 6.45) is 2.44. The van der Waals surface area contributed by atoms with E-state index >= 15 is 0 Å². The molecule has 2 aromatic heterocycles. The number of rotatable bonds is 2. The summed E-state index contributed by atoms with van der Waals surface area (Å²) in [6, 6.07) is 9.61. The molecule has 4 aromatic rings. The Kier molecular flexibility index (Phi) is 5.15. The Morgan fingerprint density at radius 3 is 2.79 bits per heavy atom. The average Bonchev–Trinajstić information content (AvgIpc) is 3.29. The van der Waals surface area contributed by atoms with E-state index in [2.05, 4.69) is 15.2 Å². The first-order chi connectivity index (χ1) is 16.5. The second-order valence-corrected chi connectivity index (χ2v) is 9.57. The van der Waals surface area contributed by atoms with Crippen molar-refractivity contribution in [1.82, 2.24) is 24.5 Å². The third-order valence-electron chi connectivity index (χ3n) is 7.01. The number of carbonyl (C=O) groups is 1. The maximum atomic E-state index is 13.7. The molecule has 2 aromatic carbocycles. The number of nitrogens with one attached hydrogen (secondary N) is 1. The minimum Gasteiger partial charge on any atom is -0.381 e. The van der Waals surface area contributed by atoms with Gasteiger partial charge in [-0.1, -0.05) is 17.7 Å². The van der Waals surface area contributed by atoms with Gasteiger partial charge in [0.15, 0.2) is 0 Å². The van der Waals surface area contributed by atoms with Crippen molar-refractivity contribution in [3.05, 3.63) is 73.8 Å². The van der Waals surface area contributed by atoms with Crippen LogP contribution < -0.4 is 5.56 Å². The van der Waals surface area contributed by atoms with Gasteiger partial charge in [-0.25, -0.2) is 0 Å². The summed E-state index contributed by atoms with van der Waals surface area (Å²) < 4.78 is 7.33. The van der Waals surface area contributed by atoms with Crippen molar-refractivity contribution in [2.24, 2.45) is 0 Å². The standard InChI is InChI=1S/C25H24ClN5O3/c1-14-10-20-21(31-22(16-5-8-34-9-6-16)28-29-23(31)24(32)27-20)12-19(14)25(33)30-7-4-15-2-3-18(26)11-17(15)13-30/h2-3,10-12,16H,4-9,13H2,1H3,(H,27,32). The predicted octanol–water partition coefficient (Wildman–Crippen LogP) is 3.63. The number of aromatic amines is 1. The molecule has 2 aliphatic rings. The molecule has 174 valence electrons. The molecule has 1 N–H and O–H groups in total. The number of benzene rings is 2. The molecular formula is C25H24ClN5O3. The van der Waals surface area contributed by atoms with Crippen LogP contribution in [-0.2, 0) is 17.7 Å². The van der Waals surface area contributed by atoms with Gasteiger partial charge < -0.3 is 14.6 Å². The molecule has 0 spiro atoms. The first-order valence-corrected chi connectivity index (χ1v) is 11.9. The van der Waals surface area contributed by atoms with Crippen LogP contribution in [-0.4, -0.2) is 50.1 Å². The largest absolute Gasteiger partial charge is 0.381 e. The van der Waals surface area contributed by atoms with Crippen molar-refractivity contribution in [3.63, 3.8) is 0 Å². The number of hydrogen-bond acceptors (Lipinski definition) is 5. The molecule has 0 unspecified atom stereocenters. The van der Waals surface area contributed by atoms with Crippen molar-refractivity contribution in [2.75, 3.05) is 19.8 Å². The molecule has 0 aliphatic carbocycles. The Labute approximate surface area is 200 Å². The monoisotopic (exact) mass is 477 g/mol. The van der Waals surface area contributed by atoms with Crippen LogP contribution in [0.1, 0.15) is 51.6 Å². The molecule has 34 heavy (non-hydrogen) atoms. The lowest BCUT2D eigenvalue weighted by molar-refractivity contribution is 0.0734. The molecule has 0 atom stereocenters. The van der Waals surface area contributed by atoms with E-state index in [9.17, 15) is 9.59 Å². The van der Waals surface area contributed by atoms with Crippen LogP contribution in [0.2, 0.25) is 5.02 Å². The normalized spacial score (nSPS) is 16.8. The molecule has 9 heteroatoms. The maximum absolute atomic E-state index is 13.7. The third-order valence-corrected chi connectivity index (χ3v) is 7.24. The number of aryl methyl sites for hydroxylation is 1. The first-order valence-electron chi connectivity index (χ1n) is 11.6. The van der Waals surface area contributed by atoms with Gasteiger partial charge in [-0.05, 0) is 67.1 Å². The molecular weight excluding hydrogens is 454 g/mol. The van der Waals surface area contributed by atoms with Crippen LogP contribution in [0.3, 0.4) is 0 Å². The smallest absolute Gasteiger partial charge is 0.294 e. The van der Waals surface area contributed by atoms with E-state index in [1.165, 1.54) is 5.56 Å². The molecule has 6 rings (SSSR count). The molecule has 1 fully saturated rings. The van der Waals surface area contributed by atoms with Crippen molar-refractivity contribution in [2.45, 2.75) is 38.6 Å². The minimum atomic E-state index is -0.290. The highest BCUT2D eigenvalue weighted by Gasteiger charge is 2.26. The fraction of sp³-hybridized carbons (Fsp3) is 0.360. The molecule has 1 saturated heterocycles. The van der Waals surface area contributed by atoms with Crippen LogP contribution in [0.25, 0.3) is 16.7 Å². The average molecular weight is 478 g/mol. The number of carbonyl (C=O) groups excluding carboxylic acids is 1. The van der Waals surface area contributed by atoms with Crippen molar-refractivity contribution in [1.29, 1.82) is 0 Å². The van der Waals surface area contributed by atoms with E-state index in [-0.39, 0.29) is 23.0 Å². The van der Waals surface area contributed by atoms with E-state index in [0.29, 0.717) is 42.4 Å². The molecule has 4 heterocycles. The van der Waals surface area contributed by atoms with Crippen molar-refractivity contribution >= 4 is 34.2 Å². The van der Waals surface area contributed by atoms with Crippen LogP contribution in [0.5, 0.6) is 0 Å². The lowest BCUT2D eigenvalue weighted by atomic mass is 9.98. The SMILES string of the molecule is Cc1cc2[nH]c(=O)c3nnc(C4CCOCC4)n3c2cc1C(=O)N1CCc2ccc(Cl)cc2C1. The number of hydrogen-bond donors (Lipinski definition) is 1. The molecule has 0 bridgehead atoms. The maximum Gasteiger partial charge on any atom is 0.294 e. The summed E-state index contributed by atoms with van der Waals surface area (Å²) in [6.45, 7) is 4.38. The van der Waals surface area contributed by atoms with Gasteiger partial charge in [0.1, 0.15) is 5.82 Å². The number of aromatic nitrogens is 4. The summed E-state index contributed by atoms with van der Waals surface area (Å²) in [5, 5.41) is 9.24. The Hall–Kier alpha value is -3.23. The van der Waals surface area contributed by atoms with Gasteiger partial charge in [-0.3, -0.25) is 14.0 Å². The van der Waals surface area contributed by atoms with Gasteiger partial charge in [0, 0.05) is 42.8 Å². The van der Waals surface area contributed by atoms with Crippen LogP contribution in [0, 0.1) is 6.92 Å². The van der Waals surface area contributed by atoms with Gasteiger partial charge >= 0.3 is 0 Å². The third kappa shape index (κ3) is 3.49. The van der Waals surface area contributed by atoms with Gasteiger partial charge in [-0.2, -0.15) is 0 Å². The van der Waals surface area contributed by atoms with Gasteiger partial charge in [0.2, 0.25) is 5.65 Å². The Balaban J connectivity index is 1.45. The number of amides is 1.